The Hall–Kier alpha value is -5.31. The Bertz CT molecular complexity index is 1990. The quantitative estimate of drug-likeness (QED) is 0.168. The van der Waals surface area contributed by atoms with Gasteiger partial charge in [-0.2, -0.15) is 0 Å². The number of benzene rings is 4. The number of carbonyl (C=O) groups is 1. The first-order valence-electron chi connectivity index (χ1n) is 14.9. The fourth-order valence-electron chi connectivity index (χ4n) is 5.90. The summed E-state index contributed by atoms with van der Waals surface area (Å²) in [5, 5.41) is 9.99. The number of carboxylic acid groups (broad SMARTS) is 1. The minimum atomic E-state index is -1.24. The molecule has 0 bridgehead atoms. The van der Waals surface area contributed by atoms with Gasteiger partial charge < -0.3 is 28.5 Å². The van der Waals surface area contributed by atoms with E-state index in [-0.39, 0.29) is 5.75 Å². The highest BCUT2D eigenvalue weighted by atomic mass is 16.6. The van der Waals surface area contributed by atoms with Crippen molar-refractivity contribution in [2.24, 2.45) is 7.05 Å². The third kappa shape index (κ3) is 5.57. The van der Waals surface area contributed by atoms with Gasteiger partial charge in [0.1, 0.15) is 11.6 Å². The number of methoxy groups -OCH3 is 2. The second-order valence-electron chi connectivity index (χ2n) is 11.1. The van der Waals surface area contributed by atoms with Crippen LogP contribution < -0.4 is 14.2 Å². The number of para-hydroxylation sites is 2. The minimum absolute atomic E-state index is 0.226. The van der Waals surface area contributed by atoms with Crippen molar-refractivity contribution in [1.82, 2.24) is 19.1 Å². The molecule has 0 saturated heterocycles. The summed E-state index contributed by atoms with van der Waals surface area (Å²) in [5.41, 5.74) is 7.48. The molecule has 0 saturated carbocycles. The lowest BCUT2D eigenvalue weighted by atomic mass is 10.1. The van der Waals surface area contributed by atoms with E-state index >= 15 is 0 Å². The highest BCUT2D eigenvalue weighted by Crippen LogP contribution is 2.42. The van der Waals surface area contributed by atoms with Gasteiger partial charge in [0, 0.05) is 31.1 Å². The van der Waals surface area contributed by atoms with E-state index in [1.807, 2.05) is 43.4 Å². The predicted molar refractivity (Wildman–Crippen MR) is 174 cm³/mol. The van der Waals surface area contributed by atoms with Crippen LogP contribution in [0.3, 0.4) is 0 Å². The number of carboxylic acids is 1. The standard InChI is InChI=1S/C36H36N4O5/c1-6-12-31-38-32-22(2)17-25(35-37-26-15-10-11-16-27(26)39(35)3)20-28(32)40(31)21-23-18-29(43-4)34(30(19-23)44-5)45-33(36(41)42)24-13-8-7-9-14-24/h7-11,13-20,33H,6,12,21H2,1-5H3,(H,41,42). The average Bonchev–Trinajstić information content (AvgIpc) is 3.57. The Morgan fingerprint density at radius 2 is 1.60 bits per heavy atom. The molecule has 2 heterocycles. The van der Waals surface area contributed by atoms with Gasteiger partial charge >= 0.3 is 5.97 Å². The zero-order chi connectivity index (χ0) is 31.7. The van der Waals surface area contributed by atoms with E-state index in [0.29, 0.717) is 23.6 Å². The molecule has 1 N–H and O–H groups in total. The van der Waals surface area contributed by atoms with E-state index < -0.39 is 12.1 Å². The van der Waals surface area contributed by atoms with Gasteiger partial charge in [-0.3, -0.25) is 0 Å². The second-order valence-corrected chi connectivity index (χ2v) is 11.1. The molecule has 0 spiro atoms. The fraction of sp³-hybridized carbons (Fsp3) is 0.250. The number of fused-ring (bicyclic) bond motifs is 2. The number of aryl methyl sites for hydroxylation is 3. The van der Waals surface area contributed by atoms with Crippen LogP contribution >= 0.6 is 0 Å². The number of rotatable bonds is 11. The molecular weight excluding hydrogens is 568 g/mol. The van der Waals surface area contributed by atoms with Crippen molar-refractivity contribution >= 4 is 28.0 Å². The van der Waals surface area contributed by atoms with E-state index in [4.69, 9.17) is 24.2 Å². The Kier molecular flexibility index (Phi) is 8.17. The van der Waals surface area contributed by atoms with Crippen LogP contribution in [-0.4, -0.2) is 44.4 Å². The van der Waals surface area contributed by atoms with E-state index in [1.54, 1.807) is 24.3 Å². The van der Waals surface area contributed by atoms with Crippen LogP contribution in [0.5, 0.6) is 17.2 Å². The lowest BCUT2D eigenvalue weighted by molar-refractivity contribution is -0.145. The van der Waals surface area contributed by atoms with Gasteiger partial charge in [0.25, 0.3) is 0 Å². The van der Waals surface area contributed by atoms with Crippen molar-refractivity contribution < 1.29 is 24.1 Å². The number of imidazole rings is 2. The maximum absolute atomic E-state index is 12.2. The molecule has 4 aromatic carbocycles. The summed E-state index contributed by atoms with van der Waals surface area (Å²) in [6, 6.07) is 25.0. The summed E-state index contributed by atoms with van der Waals surface area (Å²) in [5.74, 6) is 1.74. The van der Waals surface area contributed by atoms with Crippen LogP contribution in [0.4, 0.5) is 0 Å². The number of aromatic nitrogens is 4. The maximum Gasteiger partial charge on any atom is 0.349 e. The van der Waals surface area contributed by atoms with E-state index in [0.717, 1.165) is 63.2 Å². The Balaban J connectivity index is 1.44. The van der Waals surface area contributed by atoms with Crippen LogP contribution in [0.25, 0.3) is 33.5 Å². The largest absolute Gasteiger partial charge is 0.493 e. The number of ether oxygens (including phenoxy) is 3. The molecule has 0 fully saturated rings. The monoisotopic (exact) mass is 604 g/mol. The summed E-state index contributed by atoms with van der Waals surface area (Å²) >= 11 is 0. The van der Waals surface area contributed by atoms with Gasteiger partial charge in [-0.15, -0.1) is 0 Å². The summed E-state index contributed by atoms with van der Waals surface area (Å²) in [4.78, 5) is 22.2. The van der Waals surface area contributed by atoms with Gasteiger partial charge in [-0.1, -0.05) is 49.4 Å². The molecule has 9 nitrogen and oxygen atoms in total. The van der Waals surface area contributed by atoms with Crippen LogP contribution in [-0.2, 0) is 24.8 Å². The average molecular weight is 605 g/mol. The van der Waals surface area contributed by atoms with Gasteiger partial charge in [-0.25, -0.2) is 14.8 Å². The predicted octanol–water partition coefficient (Wildman–Crippen LogP) is 7.12. The van der Waals surface area contributed by atoms with Crippen molar-refractivity contribution in [3.05, 3.63) is 101 Å². The maximum atomic E-state index is 12.2. The van der Waals surface area contributed by atoms with E-state index in [1.165, 1.54) is 14.2 Å². The van der Waals surface area contributed by atoms with Crippen LogP contribution in [0.1, 0.15) is 42.0 Å². The summed E-state index contributed by atoms with van der Waals surface area (Å²) in [7, 11) is 5.11. The Morgan fingerprint density at radius 3 is 2.24 bits per heavy atom. The summed E-state index contributed by atoms with van der Waals surface area (Å²) < 4.78 is 21.9. The molecule has 45 heavy (non-hydrogen) atoms. The molecule has 230 valence electrons. The topological polar surface area (TPSA) is 101 Å². The molecule has 0 amide bonds. The molecule has 0 aliphatic heterocycles. The van der Waals surface area contributed by atoms with E-state index in [9.17, 15) is 9.90 Å². The van der Waals surface area contributed by atoms with Crippen LogP contribution in [0.15, 0.2) is 78.9 Å². The molecule has 1 unspecified atom stereocenters. The van der Waals surface area contributed by atoms with Gasteiger partial charge in [0.15, 0.2) is 11.5 Å². The number of hydrogen-bond donors (Lipinski definition) is 1. The molecule has 0 aliphatic rings. The third-order valence-electron chi connectivity index (χ3n) is 8.07. The fourth-order valence-corrected chi connectivity index (χ4v) is 5.90. The van der Waals surface area contributed by atoms with Gasteiger partial charge in [0.05, 0.1) is 36.3 Å². The summed E-state index contributed by atoms with van der Waals surface area (Å²) in [6.45, 7) is 4.72. The van der Waals surface area contributed by atoms with Crippen molar-refractivity contribution in [3.8, 4) is 28.6 Å². The summed E-state index contributed by atoms with van der Waals surface area (Å²) in [6.07, 6.45) is 0.510. The van der Waals surface area contributed by atoms with Gasteiger partial charge in [0.2, 0.25) is 11.9 Å². The first-order valence-corrected chi connectivity index (χ1v) is 14.9. The van der Waals surface area contributed by atoms with Crippen LogP contribution in [0.2, 0.25) is 0 Å². The van der Waals surface area contributed by atoms with Crippen molar-refractivity contribution in [1.29, 1.82) is 0 Å². The molecular formula is C36H36N4O5. The Labute approximate surface area is 261 Å². The lowest BCUT2D eigenvalue weighted by Crippen LogP contribution is -2.19. The lowest BCUT2D eigenvalue weighted by Gasteiger charge is -2.21. The van der Waals surface area contributed by atoms with Crippen LogP contribution in [0, 0.1) is 6.92 Å². The number of nitrogens with zero attached hydrogens (tertiary/aromatic N) is 4. The SMILES string of the molecule is CCCc1nc2c(C)cc(-c3nc4ccccc4n3C)cc2n1Cc1cc(OC)c(OC(C(=O)O)c2ccccc2)c(OC)c1. The minimum Gasteiger partial charge on any atom is -0.493 e. The first-order chi connectivity index (χ1) is 21.8. The highest BCUT2D eigenvalue weighted by molar-refractivity contribution is 5.87. The number of hydrogen-bond acceptors (Lipinski definition) is 6. The second kappa shape index (κ2) is 12.4. The zero-order valence-corrected chi connectivity index (χ0v) is 26.1. The van der Waals surface area contributed by atoms with Crippen molar-refractivity contribution in [3.63, 3.8) is 0 Å². The highest BCUT2D eigenvalue weighted by Gasteiger charge is 2.26. The number of aliphatic carboxylic acids is 1. The van der Waals surface area contributed by atoms with E-state index in [2.05, 4.69) is 41.2 Å². The van der Waals surface area contributed by atoms with Crippen molar-refractivity contribution in [2.45, 2.75) is 39.3 Å². The molecule has 0 aliphatic carbocycles. The zero-order valence-electron chi connectivity index (χ0n) is 26.1. The van der Waals surface area contributed by atoms with Crippen molar-refractivity contribution in [2.75, 3.05) is 14.2 Å². The smallest absolute Gasteiger partial charge is 0.349 e. The third-order valence-corrected chi connectivity index (χ3v) is 8.07. The molecule has 6 aromatic rings. The van der Waals surface area contributed by atoms with Gasteiger partial charge in [-0.05, 0) is 60.9 Å². The molecule has 9 heteroatoms. The molecule has 0 radical (unpaired) electrons. The molecule has 1 atom stereocenters. The molecule has 2 aromatic heterocycles. The normalized spacial score (nSPS) is 12.0. The molecule has 6 rings (SSSR count). The first kappa shape index (κ1) is 29.7. The Morgan fingerprint density at radius 1 is 0.911 bits per heavy atom.